The number of rotatable bonds is 5. The van der Waals surface area contributed by atoms with E-state index >= 15 is 0 Å². The smallest absolute Gasteiger partial charge is 0.193 e. The van der Waals surface area contributed by atoms with Crippen LogP contribution in [-0.4, -0.2) is 5.78 Å². The second kappa shape index (κ2) is 6.97. The van der Waals surface area contributed by atoms with E-state index in [2.05, 4.69) is 6.92 Å². The molecule has 2 aromatic rings. The number of halogens is 2. The van der Waals surface area contributed by atoms with E-state index in [0.29, 0.717) is 21.8 Å². The average molecular weight is 322 g/mol. The molecule has 4 heteroatoms. The van der Waals surface area contributed by atoms with Gasteiger partial charge in [-0.25, -0.2) is 0 Å². The number of carbonyl (C=O) groups excluding carboxylic acids is 1. The van der Waals surface area contributed by atoms with Crippen LogP contribution in [0.15, 0.2) is 36.4 Å². The molecule has 0 radical (unpaired) electrons. The molecule has 0 amide bonds. The summed E-state index contributed by atoms with van der Waals surface area (Å²) in [6.07, 6.45) is 3.34. The molecule has 2 N–H and O–H groups in total. The third kappa shape index (κ3) is 3.78. The van der Waals surface area contributed by atoms with E-state index in [4.69, 9.17) is 28.9 Å². The highest BCUT2D eigenvalue weighted by Gasteiger charge is 2.13. The van der Waals surface area contributed by atoms with Crippen LogP contribution in [-0.2, 0) is 6.42 Å². The molecule has 2 aromatic carbocycles. The molecule has 0 aromatic heterocycles. The van der Waals surface area contributed by atoms with Crippen molar-refractivity contribution in [1.82, 2.24) is 0 Å². The van der Waals surface area contributed by atoms with Gasteiger partial charge in [0.1, 0.15) is 0 Å². The summed E-state index contributed by atoms with van der Waals surface area (Å²) in [6.45, 7) is 2.16. The summed E-state index contributed by atoms with van der Waals surface area (Å²) in [5.41, 5.74) is 8.36. The molecule has 0 bridgehead atoms. The number of nitrogen functional groups attached to an aromatic ring is 1. The van der Waals surface area contributed by atoms with E-state index in [1.54, 1.807) is 12.1 Å². The van der Waals surface area contributed by atoms with Gasteiger partial charge in [-0.2, -0.15) is 0 Å². The molecule has 0 aliphatic rings. The monoisotopic (exact) mass is 321 g/mol. The molecule has 2 nitrogen and oxygen atoms in total. The van der Waals surface area contributed by atoms with E-state index in [1.807, 2.05) is 24.3 Å². The summed E-state index contributed by atoms with van der Waals surface area (Å²) in [4.78, 5) is 12.4. The Morgan fingerprint density at radius 2 is 1.76 bits per heavy atom. The lowest BCUT2D eigenvalue weighted by Crippen LogP contribution is -2.03. The summed E-state index contributed by atoms with van der Waals surface area (Å²) in [5, 5.41) is 0.572. The molecule has 21 heavy (non-hydrogen) atoms. The Hall–Kier alpha value is -1.51. The van der Waals surface area contributed by atoms with Crippen LogP contribution in [0.4, 0.5) is 5.69 Å². The number of benzene rings is 2. The Kier molecular flexibility index (Phi) is 5.27. The van der Waals surface area contributed by atoms with Crippen LogP contribution < -0.4 is 5.73 Å². The highest BCUT2D eigenvalue weighted by atomic mass is 35.5. The van der Waals surface area contributed by atoms with E-state index in [0.717, 1.165) is 19.3 Å². The van der Waals surface area contributed by atoms with Crippen LogP contribution in [0.3, 0.4) is 0 Å². The summed E-state index contributed by atoms with van der Waals surface area (Å²) < 4.78 is 0. The molecule has 0 fully saturated rings. The summed E-state index contributed by atoms with van der Waals surface area (Å²) in [5.74, 6) is -0.109. The molecule has 0 saturated carbocycles. The SMILES string of the molecule is CCCCc1ccc(C(=O)c2cc(N)c(Cl)c(Cl)c2)cc1. The quantitative estimate of drug-likeness (QED) is 0.611. The number of hydrogen-bond acceptors (Lipinski definition) is 2. The van der Waals surface area contributed by atoms with Gasteiger partial charge >= 0.3 is 0 Å². The summed E-state index contributed by atoms with van der Waals surface area (Å²) >= 11 is 11.9. The van der Waals surface area contributed by atoms with Crippen molar-refractivity contribution in [2.75, 3.05) is 5.73 Å². The molecule has 0 atom stereocenters. The van der Waals surface area contributed by atoms with Crippen LogP contribution >= 0.6 is 23.2 Å². The van der Waals surface area contributed by atoms with Crippen molar-refractivity contribution in [3.63, 3.8) is 0 Å². The fourth-order valence-electron chi connectivity index (χ4n) is 2.11. The Labute approximate surface area is 134 Å². The highest BCUT2D eigenvalue weighted by molar-refractivity contribution is 6.44. The van der Waals surface area contributed by atoms with Gasteiger partial charge in [-0.05, 0) is 30.5 Å². The minimum atomic E-state index is -0.109. The molecular formula is C17H17Cl2NO. The van der Waals surface area contributed by atoms with Crippen molar-refractivity contribution in [3.05, 3.63) is 63.1 Å². The third-order valence-electron chi connectivity index (χ3n) is 3.35. The van der Waals surface area contributed by atoms with Gasteiger partial charge in [-0.3, -0.25) is 4.79 Å². The van der Waals surface area contributed by atoms with Gasteiger partial charge in [0.25, 0.3) is 0 Å². The maximum Gasteiger partial charge on any atom is 0.193 e. The van der Waals surface area contributed by atoms with Crippen LogP contribution in [0.25, 0.3) is 0 Å². The first-order chi connectivity index (χ1) is 10.0. The van der Waals surface area contributed by atoms with E-state index < -0.39 is 0 Å². The Balaban J connectivity index is 2.24. The minimum Gasteiger partial charge on any atom is -0.397 e. The van der Waals surface area contributed by atoms with Crippen molar-refractivity contribution < 1.29 is 4.79 Å². The molecule has 0 aliphatic carbocycles. The van der Waals surface area contributed by atoms with Crippen LogP contribution in [0.1, 0.15) is 41.3 Å². The van der Waals surface area contributed by atoms with Crippen molar-refractivity contribution in [3.8, 4) is 0 Å². The Bertz CT molecular complexity index is 627. The largest absolute Gasteiger partial charge is 0.397 e. The van der Waals surface area contributed by atoms with Crippen LogP contribution in [0.5, 0.6) is 0 Å². The predicted molar refractivity (Wildman–Crippen MR) is 89.4 cm³/mol. The third-order valence-corrected chi connectivity index (χ3v) is 4.17. The molecule has 0 aliphatic heterocycles. The molecular weight excluding hydrogens is 305 g/mol. The maximum absolute atomic E-state index is 12.4. The first kappa shape index (κ1) is 15.9. The lowest BCUT2D eigenvalue weighted by Gasteiger charge is -2.07. The van der Waals surface area contributed by atoms with Gasteiger partial charge in [0.2, 0.25) is 0 Å². The van der Waals surface area contributed by atoms with Gasteiger partial charge < -0.3 is 5.73 Å². The second-order valence-electron chi connectivity index (χ2n) is 4.99. The normalized spacial score (nSPS) is 10.6. The average Bonchev–Trinajstić information content (AvgIpc) is 2.50. The minimum absolute atomic E-state index is 0.109. The number of aryl methyl sites for hydroxylation is 1. The van der Waals surface area contributed by atoms with Crippen molar-refractivity contribution in [2.45, 2.75) is 26.2 Å². The molecule has 0 heterocycles. The Morgan fingerprint density at radius 3 is 2.33 bits per heavy atom. The zero-order valence-corrected chi connectivity index (χ0v) is 13.3. The fraction of sp³-hybridized carbons (Fsp3) is 0.235. The van der Waals surface area contributed by atoms with Crippen LogP contribution in [0.2, 0.25) is 10.0 Å². The van der Waals surface area contributed by atoms with Crippen molar-refractivity contribution in [2.24, 2.45) is 0 Å². The number of unbranched alkanes of at least 4 members (excludes halogenated alkanes) is 1. The summed E-state index contributed by atoms with van der Waals surface area (Å²) in [6, 6.07) is 10.8. The first-order valence-corrected chi connectivity index (χ1v) is 7.66. The lowest BCUT2D eigenvalue weighted by atomic mass is 10.00. The van der Waals surface area contributed by atoms with E-state index in [1.165, 1.54) is 5.56 Å². The lowest BCUT2D eigenvalue weighted by molar-refractivity contribution is 0.103. The van der Waals surface area contributed by atoms with Gasteiger partial charge in [0, 0.05) is 11.1 Å². The summed E-state index contributed by atoms with van der Waals surface area (Å²) in [7, 11) is 0. The highest BCUT2D eigenvalue weighted by Crippen LogP contribution is 2.30. The first-order valence-electron chi connectivity index (χ1n) is 6.91. The number of nitrogens with two attached hydrogens (primary N) is 1. The zero-order valence-electron chi connectivity index (χ0n) is 11.8. The number of carbonyl (C=O) groups is 1. The number of anilines is 1. The van der Waals surface area contributed by atoms with Gasteiger partial charge in [0.05, 0.1) is 15.7 Å². The van der Waals surface area contributed by atoms with E-state index in [-0.39, 0.29) is 10.8 Å². The Morgan fingerprint density at radius 1 is 1.10 bits per heavy atom. The maximum atomic E-state index is 12.4. The van der Waals surface area contributed by atoms with Gasteiger partial charge in [0.15, 0.2) is 5.78 Å². The van der Waals surface area contributed by atoms with Gasteiger partial charge in [-0.1, -0.05) is 60.8 Å². The molecule has 110 valence electrons. The van der Waals surface area contributed by atoms with Gasteiger partial charge in [-0.15, -0.1) is 0 Å². The molecule has 0 spiro atoms. The van der Waals surface area contributed by atoms with E-state index in [9.17, 15) is 4.79 Å². The second-order valence-corrected chi connectivity index (χ2v) is 5.78. The fourth-order valence-corrected chi connectivity index (χ4v) is 2.45. The molecule has 0 saturated heterocycles. The zero-order chi connectivity index (χ0) is 15.4. The molecule has 2 rings (SSSR count). The molecule has 0 unspecified atom stereocenters. The predicted octanol–water partition coefficient (Wildman–Crippen LogP) is 5.15. The number of ketones is 1. The van der Waals surface area contributed by atoms with Crippen molar-refractivity contribution >= 4 is 34.7 Å². The standard InChI is InChI=1S/C17H17Cl2NO/c1-2-3-4-11-5-7-12(8-6-11)17(21)13-9-14(18)16(19)15(20)10-13/h5-10H,2-4,20H2,1H3. The topological polar surface area (TPSA) is 43.1 Å². The van der Waals surface area contributed by atoms with Crippen molar-refractivity contribution in [1.29, 1.82) is 0 Å². The number of hydrogen-bond donors (Lipinski definition) is 1. The van der Waals surface area contributed by atoms with Crippen LogP contribution in [0, 0.1) is 0 Å².